The number of fused-ring (bicyclic) bond motifs is 6. The summed E-state index contributed by atoms with van der Waals surface area (Å²) in [6.07, 6.45) is 15.0. The van der Waals surface area contributed by atoms with Crippen LogP contribution in [0.25, 0.3) is 0 Å². The lowest BCUT2D eigenvalue weighted by Crippen LogP contribution is -2.50. The van der Waals surface area contributed by atoms with Crippen LogP contribution >= 0.6 is 0 Å². The highest BCUT2D eigenvalue weighted by Crippen LogP contribution is 2.64. The average Bonchev–Trinajstić information content (AvgIpc) is 3.18. The molecule has 0 amide bonds. The predicted molar refractivity (Wildman–Crippen MR) is 94.4 cm³/mol. The number of carbonyl (C=O) groups is 1. The molecule has 0 unspecified atom stereocenters. The van der Waals surface area contributed by atoms with Gasteiger partial charge in [0.15, 0.2) is 0 Å². The van der Waals surface area contributed by atoms with Crippen LogP contribution in [0, 0.1) is 34.5 Å². The van der Waals surface area contributed by atoms with Crippen molar-refractivity contribution >= 4 is 5.78 Å². The maximum absolute atomic E-state index is 12.8. The van der Waals surface area contributed by atoms with Crippen LogP contribution in [0.2, 0.25) is 0 Å². The number of hydrogen-bond acceptors (Lipinski definition) is 2. The molecule has 0 saturated heterocycles. The van der Waals surface area contributed by atoms with Gasteiger partial charge < -0.3 is 5.11 Å². The van der Waals surface area contributed by atoms with Gasteiger partial charge in [-0.25, -0.2) is 0 Å². The second-order valence-corrected chi connectivity index (χ2v) is 9.82. The zero-order valence-electron chi connectivity index (χ0n) is 15.1. The maximum Gasteiger partial charge on any atom is 0.143 e. The quantitative estimate of drug-likeness (QED) is 0.657. The van der Waals surface area contributed by atoms with Gasteiger partial charge in [-0.2, -0.15) is 0 Å². The lowest BCUT2D eigenvalue weighted by molar-refractivity contribution is -0.130. The lowest BCUT2D eigenvalue weighted by Gasteiger charge is -2.55. The maximum atomic E-state index is 12.8. The van der Waals surface area contributed by atoms with E-state index in [0.717, 1.165) is 43.9 Å². The van der Waals surface area contributed by atoms with Crippen molar-refractivity contribution in [3.63, 3.8) is 0 Å². The molecule has 2 heteroatoms. The van der Waals surface area contributed by atoms with Crippen molar-refractivity contribution < 1.29 is 9.90 Å². The molecule has 0 aromatic carbocycles. The monoisotopic (exact) mass is 328 g/mol. The van der Waals surface area contributed by atoms with Crippen LogP contribution in [0.5, 0.6) is 0 Å². The number of ketones is 1. The van der Waals surface area contributed by atoms with Gasteiger partial charge in [0.25, 0.3) is 0 Å². The standard InChI is InChI=1S/C22H32O2/c1-21-13-10-14-15(17(21)7-9-19(21)23)4-6-18-16(14)5-8-20(24)22(18)11-2-3-12-22/h6,14-17,19,23H,2-5,7-13H2,1H3/t14-,15+,16+,17-,19-,21-/m0/s1. The summed E-state index contributed by atoms with van der Waals surface area (Å²) >= 11 is 0. The zero-order chi connectivity index (χ0) is 16.5. The largest absolute Gasteiger partial charge is 0.393 e. The molecule has 1 N–H and O–H groups in total. The SMILES string of the molecule is C[C@]12CC[C@H]3[C@@H](CC=C4[C@@H]3CCC(=O)C43CCCC3)[C@@H]1CC[C@@H]2O. The molecule has 4 fully saturated rings. The Morgan fingerprint density at radius 2 is 1.83 bits per heavy atom. The Bertz CT molecular complexity index is 585. The molecule has 0 aromatic rings. The number of allylic oxidation sites excluding steroid dienone is 2. The highest BCUT2D eigenvalue weighted by molar-refractivity contribution is 5.89. The van der Waals surface area contributed by atoms with E-state index in [0.29, 0.717) is 17.6 Å². The molecule has 0 aliphatic heterocycles. The second-order valence-electron chi connectivity index (χ2n) is 9.82. The molecule has 0 heterocycles. The zero-order valence-corrected chi connectivity index (χ0v) is 15.1. The lowest BCUT2D eigenvalue weighted by atomic mass is 9.49. The average molecular weight is 328 g/mol. The first-order valence-electron chi connectivity index (χ1n) is 10.5. The van der Waals surface area contributed by atoms with Gasteiger partial charge in [0.2, 0.25) is 0 Å². The third-order valence-corrected chi connectivity index (χ3v) is 9.19. The summed E-state index contributed by atoms with van der Waals surface area (Å²) in [4.78, 5) is 12.8. The van der Waals surface area contributed by atoms with E-state index in [9.17, 15) is 9.90 Å². The predicted octanol–water partition coefficient (Wildman–Crippen LogP) is 4.66. The van der Waals surface area contributed by atoms with E-state index in [2.05, 4.69) is 13.0 Å². The molecule has 5 rings (SSSR count). The van der Waals surface area contributed by atoms with E-state index in [1.807, 2.05) is 0 Å². The number of hydrogen-bond donors (Lipinski definition) is 1. The third kappa shape index (κ3) is 1.84. The van der Waals surface area contributed by atoms with Gasteiger partial charge in [-0.3, -0.25) is 4.79 Å². The van der Waals surface area contributed by atoms with Crippen molar-refractivity contribution in [1.29, 1.82) is 0 Å². The van der Waals surface area contributed by atoms with Gasteiger partial charge in [-0.05, 0) is 80.5 Å². The van der Waals surface area contributed by atoms with Gasteiger partial charge in [0.1, 0.15) is 5.78 Å². The third-order valence-electron chi connectivity index (χ3n) is 9.19. The molecular formula is C22H32O2. The van der Waals surface area contributed by atoms with Gasteiger partial charge in [-0.1, -0.05) is 31.4 Å². The fourth-order valence-corrected chi connectivity index (χ4v) is 7.93. The Kier molecular flexibility index (Phi) is 3.38. The summed E-state index contributed by atoms with van der Waals surface area (Å²) in [6, 6.07) is 0. The molecule has 5 aliphatic carbocycles. The Labute approximate surface area is 146 Å². The highest BCUT2D eigenvalue weighted by atomic mass is 16.3. The summed E-state index contributed by atoms with van der Waals surface area (Å²) in [7, 11) is 0. The van der Waals surface area contributed by atoms with Crippen molar-refractivity contribution in [1.82, 2.24) is 0 Å². The second kappa shape index (κ2) is 5.19. The molecule has 5 aliphatic rings. The van der Waals surface area contributed by atoms with E-state index in [-0.39, 0.29) is 16.9 Å². The summed E-state index contributed by atoms with van der Waals surface area (Å²) < 4.78 is 0. The molecule has 132 valence electrons. The van der Waals surface area contributed by atoms with Crippen LogP contribution in [0.3, 0.4) is 0 Å². The smallest absolute Gasteiger partial charge is 0.143 e. The molecule has 4 saturated carbocycles. The van der Waals surface area contributed by atoms with Gasteiger partial charge in [0, 0.05) is 6.42 Å². The number of Topliss-reactive ketones (excluding diaryl/α,β-unsaturated/α-hetero) is 1. The molecule has 24 heavy (non-hydrogen) atoms. The van der Waals surface area contributed by atoms with Crippen molar-refractivity contribution in [2.45, 2.75) is 83.7 Å². The van der Waals surface area contributed by atoms with Crippen LogP contribution < -0.4 is 0 Å². The topological polar surface area (TPSA) is 37.3 Å². The first-order chi connectivity index (χ1) is 11.6. The number of rotatable bonds is 0. The van der Waals surface area contributed by atoms with Crippen molar-refractivity contribution in [2.75, 3.05) is 0 Å². The van der Waals surface area contributed by atoms with Crippen LogP contribution in [0.4, 0.5) is 0 Å². The van der Waals surface area contributed by atoms with E-state index in [1.54, 1.807) is 5.57 Å². The molecule has 0 radical (unpaired) electrons. The normalized spacial score (nSPS) is 49.5. The van der Waals surface area contributed by atoms with Crippen molar-refractivity contribution in [3.05, 3.63) is 11.6 Å². The molecule has 6 atom stereocenters. The van der Waals surface area contributed by atoms with Crippen LogP contribution in [0.1, 0.15) is 77.6 Å². The first-order valence-corrected chi connectivity index (χ1v) is 10.5. The van der Waals surface area contributed by atoms with E-state index in [4.69, 9.17) is 0 Å². The molecule has 1 spiro atoms. The van der Waals surface area contributed by atoms with E-state index in [1.165, 1.54) is 38.5 Å². The van der Waals surface area contributed by atoms with Crippen LogP contribution in [-0.2, 0) is 4.79 Å². The highest BCUT2D eigenvalue weighted by Gasteiger charge is 2.58. The van der Waals surface area contributed by atoms with Crippen LogP contribution in [-0.4, -0.2) is 17.0 Å². The Morgan fingerprint density at radius 1 is 1.04 bits per heavy atom. The minimum Gasteiger partial charge on any atom is -0.393 e. The minimum absolute atomic E-state index is 0.0379. The van der Waals surface area contributed by atoms with Gasteiger partial charge in [-0.15, -0.1) is 0 Å². The van der Waals surface area contributed by atoms with Gasteiger partial charge in [0.05, 0.1) is 11.5 Å². The van der Waals surface area contributed by atoms with Crippen LogP contribution in [0.15, 0.2) is 11.6 Å². The summed E-state index contributed by atoms with van der Waals surface area (Å²) in [5.41, 5.74) is 1.71. The molecule has 2 nitrogen and oxygen atoms in total. The Balaban J connectivity index is 1.51. The number of aliphatic hydroxyl groups is 1. The van der Waals surface area contributed by atoms with E-state index >= 15 is 0 Å². The minimum atomic E-state index is -0.0806. The van der Waals surface area contributed by atoms with E-state index < -0.39 is 0 Å². The number of carbonyl (C=O) groups excluding carboxylic acids is 1. The summed E-state index contributed by atoms with van der Waals surface area (Å²) in [5, 5.41) is 10.5. The fraction of sp³-hybridized carbons (Fsp3) is 0.864. The number of aliphatic hydroxyl groups excluding tert-OH is 1. The first kappa shape index (κ1) is 15.6. The molecular weight excluding hydrogens is 296 g/mol. The molecule has 0 aromatic heterocycles. The van der Waals surface area contributed by atoms with Crippen molar-refractivity contribution in [2.24, 2.45) is 34.5 Å². The summed E-state index contributed by atoms with van der Waals surface area (Å²) in [5.74, 6) is 3.51. The Hall–Kier alpha value is -0.630. The summed E-state index contributed by atoms with van der Waals surface area (Å²) in [6.45, 7) is 2.35. The van der Waals surface area contributed by atoms with Crippen molar-refractivity contribution in [3.8, 4) is 0 Å². The Morgan fingerprint density at radius 3 is 2.62 bits per heavy atom. The van der Waals surface area contributed by atoms with Gasteiger partial charge >= 0.3 is 0 Å². The molecule has 0 bridgehead atoms. The fourth-order valence-electron chi connectivity index (χ4n) is 7.93.